The molecule has 2 rings (SSSR count). The summed E-state index contributed by atoms with van der Waals surface area (Å²) in [4.78, 5) is 69.3. The zero-order valence-electron chi connectivity index (χ0n) is 23.9. The summed E-state index contributed by atoms with van der Waals surface area (Å²) in [5.74, 6) is -4.29. The summed E-state index contributed by atoms with van der Waals surface area (Å²) in [6.45, 7) is 0.276. The maximum atomic E-state index is 13.6. The molecule has 1 aromatic carbocycles. The van der Waals surface area contributed by atoms with Crippen LogP contribution in [0.3, 0.4) is 0 Å². The molecule has 0 aliphatic carbocycles. The number of thioether (sulfide) groups is 1. The number of carbonyl (C=O) groups excluding carboxylic acids is 3. The largest absolute Gasteiger partial charge is 0.481 e. The number of para-hydroxylation sites is 1. The molecule has 0 radical (unpaired) electrons. The molecule has 3 amide bonds. The molecule has 2 aromatic rings. The molecule has 0 fully saturated rings. The number of guanidine groups is 1. The lowest BCUT2D eigenvalue weighted by Crippen LogP contribution is -2.57. The number of amides is 3. The zero-order valence-corrected chi connectivity index (χ0v) is 24.7. The van der Waals surface area contributed by atoms with E-state index in [2.05, 4.69) is 25.9 Å². The van der Waals surface area contributed by atoms with Gasteiger partial charge in [0.1, 0.15) is 18.1 Å². The summed E-state index contributed by atoms with van der Waals surface area (Å²) in [7, 11) is 0. The van der Waals surface area contributed by atoms with Crippen LogP contribution >= 0.6 is 11.8 Å². The van der Waals surface area contributed by atoms with Crippen LogP contribution in [0.15, 0.2) is 35.5 Å². The first kappa shape index (κ1) is 34.9. The van der Waals surface area contributed by atoms with Crippen LogP contribution < -0.4 is 33.2 Å². The van der Waals surface area contributed by atoms with Crippen molar-refractivity contribution in [2.24, 2.45) is 22.2 Å². The maximum Gasteiger partial charge on any atom is 0.326 e. The van der Waals surface area contributed by atoms with Crippen molar-refractivity contribution in [3.63, 3.8) is 0 Å². The third kappa shape index (κ3) is 11.8. The lowest BCUT2D eigenvalue weighted by molar-refractivity contribution is -0.143. The number of hydrogen-bond donors (Lipinski definition) is 9. The molecule has 0 saturated heterocycles. The minimum Gasteiger partial charge on any atom is -0.481 e. The van der Waals surface area contributed by atoms with Gasteiger partial charge in [-0.2, -0.15) is 11.8 Å². The number of rotatable bonds is 19. The number of hydrogen-bond acceptors (Lipinski definition) is 8. The number of H-pyrrole nitrogens is 1. The second-order valence-corrected chi connectivity index (χ2v) is 10.8. The van der Waals surface area contributed by atoms with Gasteiger partial charge in [-0.05, 0) is 49.3 Å². The number of nitrogens with one attached hydrogen (secondary N) is 4. The zero-order chi connectivity index (χ0) is 31.9. The van der Waals surface area contributed by atoms with E-state index in [1.165, 1.54) is 11.8 Å². The smallest absolute Gasteiger partial charge is 0.326 e. The fourth-order valence-electron chi connectivity index (χ4n) is 4.23. The number of benzene rings is 1. The Morgan fingerprint density at radius 2 is 1.58 bits per heavy atom. The highest BCUT2D eigenvalue weighted by atomic mass is 32.2. The molecular weight excluding hydrogens is 580 g/mol. The van der Waals surface area contributed by atoms with Gasteiger partial charge in [-0.3, -0.25) is 24.2 Å². The minimum absolute atomic E-state index is 0.0650. The van der Waals surface area contributed by atoms with Crippen LogP contribution in [0, 0.1) is 0 Å². The molecule has 4 unspecified atom stereocenters. The molecule has 0 aliphatic heterocycles. The molecule has 1 aromatic heterocycles. The van der Waals surface area contributed by atoms with Gasteiger partial charge in [-0.15, -0.1) is 0 Å². The fraction of sp³-hybridized carbons (Fsp3) is 0.481. The number of aliphatic imine (C=N–C) groups is 1. The summed E-state index contributed by atoms with van der Waals surface area (Å²) in [5, 5.41) is 26.9. The predicted molar refractivity (Wildman–Crippen MR) is 163 cm³/mol. The topological polar surface area (TPSA) is 268 Å². The van der Waals surface area contributed by atoms with E-state index in [1.807, 2.05) is 24.3 Å². The monoisotopic (exact) mass is 620 g/mol. The number of fused-ring (bicyclic) bond motifs is 1. The highest BCUT2D eigenvalue weighted by Gasteiger charge is 2.31. The summed E-state index contributed by atoms with van der Waals surface area (Å²) < 4.78 is 0. The number of carboxylic acid groups (broad SMARTS) is 2. The van der Waals surface area contributed by atoms with Gasteiger partial charge in [0.15, 0.2) is 5.96 Å². The molecule has 236 valence electrons. The standard InChI is InChI=1S/C27H40N8O7S/c1-43-12-10-19(24(39)34-20(26(41)42)8-9-22(36)37)33-25(40)21(13-15-14-32-18-7-3-2-5-16(15)18)35-23(38)17(28)6-4-11-31-27(29)30/h2-3,5,7,14,17,19-21,32H,4,6,8-13,28H2,1H3,(H,33,40)(H,34,39)(H,35,38)(H,36,37)(H,41,42)(H4,29,30,31). The van der Waals surface area contributed by atoms with Crippen LogP contribution in [0.1, 0.15) is 37.7 Å². The van der Waals surface area contributed by atoms with Gasteiger partial charge >= 0.3 is 11.9 Å². The van der Waals surface area contributed by atoms with Crippen LogP contribution in [0.5, 0.6) is 0 Å². The first-order valence-electron chi connectivity index (χ1n) is 13.6. The Morgan fingerprint density at radius 1 is 0.930 bits per heavy atom. The molecule has 15 nitrogen and oxygen atoms in total. The Bertz CT molecular complexity index is 1300. The average molecular weight is 621 g/mol. The van der Waals surface area contributed by atoms with Gasteiger partial charge in [0.2, 0.25) is 17.7 Å². The fourth-order valence-corrected chi connectivity index (χ4v) is 4.70. The van der Waals surface area contributed by atoms with Crippen molar-refractivity contribution in [2.75, 3.05) is 18.6 Å². The molecule has 0 saturated carbocycles. The number of aromatic nitrogens is 1. The highest BCUT2D eigenvalue weighted by Crippen LogP contribution is 2.19. The number of aromatic amines is 1. The maximum absolute atomic E-state index is 13.6. The minimum atomic E-state index is -1.46. The third-order valence-electron chi connectivity index (χ3n) is 6.54. The van der Waals surface area contributed by atoms with E-state index in [-0.39, 0.29) is 38.2 Å². The van der Waals surface area contributed by atoms with Crippen LogP contribution in [0.2, 0.25) is 0 Å². The van der Waals surface area contributed by atoms with E-state index < -0.39 is 60.2 Å². The van der Waals surface area contributed by atoms with Crippen molar-refractivity contribution in [1.82, 2.24) is 20.9 Å². The molecule has 4 atom stereocenters. The average Bonchev–Trinajstić information content (AvgIpc) is 3.37. The highest BCUT2D eigenvalue weighted by molar-refractivity contribution is 7.98. The summed E-state index contributed by atoms with van der Waals surface area (Å²) in [5.41, 5.74) is 18.3. The Morgan fingerprint density at radius 3 is 2.23 bits per heavy atom. The van der Waals surface area contributed by atoms with Gasteiger partial charge in [-0.1, -0.05) is 18.2 Å². The number of carbonyl (C=O) groups is 5. The van der Waals surface area contributed by atoms with Crippen LogP contribution in [0.25, 0.3) is 10.9 Å². The molecule has 0 spiro atoms. The van der Waals surface area contributed by atoms with E-state index in [9.17, 15) is 29.1 Å². The third-order valence-corrected chi connectivity index (χ3v) is 7.19. The Balaban J connectivity index is 2.25. The second kappa shape index (κ2) is 17.6. The molecule has 0 bridgehead atoms. The van der Waals surface area contributed by atoms with Crippen molar-refractivity contribution in [3.8, 4) is 0 Å². The Kier molecular flexibility index (Phi) is 14.3. The summed E-state index contributed by atoms with van der Waals surface area (Å²) in [6, 6.07) is 2.71. The van der Waals surface area contributed by atoms with Gasteiger partial charge in [0.25, 0.3) is 0 Å². The lowest BCUT2D eigenvalue weighted by Gasteiger charge is -2.25. The first-order valence-corrected chi connectivity index (χ1v) is 15.0. The Labute approximate surface area is 252 Å². The van der Waals surface area contributed by atoms with E-state index in [0.29, 0.717) is 12.2 Å². The lowest BCUT2D eigenvalue weighted by atomic mass is 10.0. The van der Waals surface area contributed by atoms with Crippen LogP contribution in [-0.2, 0) is 30.4 Å². The van der Waals surface area contributed by atoms with Crippen molar-refractivity contribution >= 4 is 58.3 Å². The van der Waals surface area contributed by atoms with E-state index in [1.54, 1.807) is 12.5 Å². The van der Waals surface area contributed by atoms with Gasteiger partial charge in [0, 0.05) is 36.5 Å². The Hall–Kier alpha value is -4.31. The number of carboxylic acids is 2. The SMILES string of the molecule is CSCCC(NC(=O)C(Cc1c[nH]c2ccccc12)NC(=O)C(N)CCCN=C(N)N)C(=O)NC(CCC(=O)O)C(=O)O. The van der Waals surface area contributed by atoms with Gasteiger partial charge in [0.05, 0.1) is 6.04 Å². The normalized spacial score (nSPS) is 13.7. The van der Waals surface area contributed by atoms with Crippen molar-refractivity contribution in [2.45, 2.75) is 62.7 Å². The van der Waals surface area contributed by atoms with Gasteiger partial charge < -0.3 is 48.3 Å². The molecule has 12 N–H and O–H groups in total. The van der Waals surface area contributed by atoms with Crippen molar-refractivity contribution in [1.29, 1.82) is 0 Å². The molecular formula is C27H40N8O7S. The van der Waals surface area contributed by atoms with E-state index in [4.69, 9.17) is 22.3 Å². The van der Waals surface area contributed by atoms with Gasteiger partial charge in [-0.25, -0.2) is 4.79 Å². The summed E-state index contributed by atoms with van der Waals surface area (Å²) >= 11 is 1.41. The molecule has 0 aliphatic rings. The first-order chi connectivity index (χ1) is 20.4. The summed E-state index contributed by atoms with van der Waals surface area (Å²) in [6.07, 6.45) is 3.62. The molecule has 1 heterocycles. The van der Waals surface area contributed by atoms with Crippen molar-refractivity contribution < 1.29 is 34.2 Å². The van der Waals surface area contributed by atoms with Crippen LogP contribution in [0.4, 0.5) is 0 Å². The molecule has 43 heavy (non-hydrogen) atoms. The van der Waals surface area contributed by atoms with E-state index in [0.717, 1.165) is 16.5 Å². The number of nitrogens with zero attached hydrogens (tertiary/aromatic N) is 1. The predicted octanol–water partition coefficient (Wildman–Crippen LogP) is -0.752. The van der Waals surface area contributed by atoms with Crippen LogP contribution in [-0.4, -0.2) is 93.5 Å². The van der Waals surface area contributed by atoms with E-state index >= 15 is 0 Å². The number of nitrogens with two attached hydrogens (primary N) is 3. The van der Waals surface area contributed by atoms with Crippen molar-refractivity contribution in [3.05, 3.63) is 36.0 Å². The quantitative estimate of drug-likeness (QED) is 0.0535. The molecule has 16 heteroatoms. The second-order valence-electron chi connectivity index (χ2n) is 9.85. The number of aliphatic carboxylic acids is 2.